The summed E-state index contributed by atoms with van der Waals surface area (Å²) in [5, 5.41) is 10.5. The van der Waals surface area contributed by atoms with Gasteiger partial charge in [-0.25, -0.2) is 0 Å². The molecule has 0 bridgehead atoms. The average Bonchev–Trinajstić information content (AvgIpc) is 3.87. The zero-order valence-corrected chi connectivity index (χ0v) is 31.4. The van der Waals surface area contributed by atoms with Crippen molar-refractivity contribution in [2.75, 3.05) is 0 Å². The van der Waals surface area contributed by atoms with E-state index in [0.717, 1.165) is 66.5 Å². The Morgan fingerprint density at radius 2 is 0.759 bits per heavy atom. The first-order chi connectivity index (χ1) is 28.8. The second-order valence-electron chi connectivity index (χ2n) is 15.1. The lowest BCUT2D eigenvalue weighted by atomic mass is 9.85. The predicted octanol–water partition coefficient (Wildman–Crippen LogP) is 16.1. The molecule has 270 valence electrons. The number of benzene rings is 10. The van der Waals surface area contributed by atoms with Gasteiger partial charge in [-0.05, 0) is 83.9 Å². The van der Waals surface area contributed by atoms with Gasteiger partial charge in [-0.1, -0.05) is 188 Å². The number of furan rings is 2. The maximum absolute atomic E-state index is 7.07. The number of rotatable bonds is 5. The lowest BCUT2D eigenvalue weighted by molar-refractivity contribution is 0.632. The summed E-state index contributed by atoms with van der Waals surface area (Å²) in [6, 6.07) is 73.7. The third-order valence-corrected chi connectivity index (χ3v) is 11.9. The molecule has 0 saturated carbocycles. The maximum Gasteiger partial charge on any atom is 0.144 e. The van der Waals surface area contributed by atoms with Crippen molar-refractivity contribution in [2.45, 2.75) is 0 Å². The van der Waals surface area contributed by atoms with Gasteiger partial charge < -0.3 is 8.83 Å². The number of fused-ring (bicyclic) bond motifs is 8. The number of hydrogen-bond donors (Lipinski definition) is 0. The minimum atomic E-state index is 0.827. The van der Waals surface area contributed by atoms with Gasteiger partial charge in [0.2, 0.25) is 0 Å². The van der Waals surface area contributed by atoms with E-state index in [1.54, 1.807) is 0 Å². The molecule has 0 radical (unpaired) electrons. The van der Waals surface area contributed by atoms with E-state index < -0.39 is 0 Å². The topological polar surface area (TPSA) is 26.3 Å². The first kappa shape index (κ1) is 32.6. The molecule has 10 aromatic carbocycles. The van der Waals surface area contributed by atoms with Gasteiger partial charge in [0, 0.05) is 32.8 Å². The van der Waals surface area contributed by atoms with E-state index in [-0.39, 0.29) is 0 Å². The lowest BCUT2D eigenvalue weighted by Gasteiger charge is -2.18. The summed E-state index contributed by atoms with van der Waals surface area (Å²) in [7, 11) is 0. The van der Waals surface area contributed by atoms with Crippen LogP contribution in [-0.2, 0) is 0 Å². The molecule has 2 aromatic heterocycles. The molecule has 0 saturated heterocycles. The van der Waals surface area contributed by atoms with Crippen LogP contribution in [0.15, 0.2) is 215 Å². The van der Waals surface area contributed by atoms with Gasteiger partial charge in [0.25, 0.3) is 0 Å². The first-order valence-corrected chi connectivity index (χ1v) is 19.8. The number of para-hydroxylation sites is 1. The number of hydrogen-bond acceptors (Lipinski definition) is 2. The van der Waals surface area contributed by atoms with Crippen LogP contribution in [0.1, 0.15) is 0 Å². The molecule has 0 aliphatic carbocycles. The van der Waals surface area contributed by atoms with Crippen molar-refractivity contribution in [2.24, 2.45) is 0 Å². The van der Waals surface area contributed by atoms with Crippen LogP contribution in [0.4, 0.5) is 0 Å². The van der Waals surface area contributed by atoms with Gasteiger partial charge in [-0.3, -0.25) is 0 Å². The Balaban J connectivity index is 1.10. The fourth-order valence-corrected chi connectivity index (χ4v) is 9.28. The van der Waals surface area contributed by atoms with Crippen LogP contribution < -0.4 is 0 Å². The Kier molecular flexibility index (Phi) is 7.26. The van der Waals surface area contributed by atoms with E-state index >= 15 is 0 Å². The average molecular weight is 739 g/mol. The van der Waals surface area contributed by atoms with Crippen molar-refractivity contribution in [3.05, 3.63) is 206 Å². The molecule has 0 spiro atoms. The summed E-state index contributed by atoms with van der Waals surface area (Å²) in [5.41, 5.74) is 12.7. The van der Waals surface area contributed by atoms with Gasteiger partial charge in [-0.2, -0.15) is 0 Å². The third-order valence-electron chi connectivity index (χ3n) is 11.9. The summed E-state index contributed by atoms with van der Waals surface area (Å²) in [6.45, 7) is 0. The first-order valence-electron chi connectivity index (χ1n) is 19.8. The van der Waals surface area contributed by atoms with E-state index in [2.05, 4.69) is 200 Å². The smallest absolute Gasteiger partial charge is 0.144 e. The molecule has 0 aliphatic rings. The van der Waals surface area contributed by atoms with Crippen molar-refractivity contribution in [3.8, 4) is 55.8 Å². The highest BCUT2D eigenvalue weighted by Gasteiger charge is 2.26. The molecule has 0 unspecified atom stereocenters. The standard InChI is InChI=1S/C56H34O2/c1-3-16-37(17-4-1)50-42-21-9-11-23-44(42)51(45-24-12-10-22-43(45)50)39-30-28-36(29-31-39)47-34-49-54(53-46-25-13-14-26-48(46)57-56(47)53)52(38-18-5-2-6-19-38)55(58-49)41-32-27-35-15-7-8-20-40(35)33-41/h1-34H. The van der Waals surface area contributed by atoms with Crippen LogP contribution in [0.3, 0.4) is 0 Å². The van der Waals surface area contributed by atoms with Gasteiger partial charge >= 0.3 is 0 Å². The zero-order chi connectivity index (χ0) is 38.2. The van der Waals surface area contributed by atoms with Crippen LogP contribution in [0.5, 0.6) is 0 Å². The van der Waals surface area contributed by atoms with E-state index in [4.69, 9.17) is 8.83 Å². The monoisotopic (exact) mass is 738 g/mol. The highest BCUT2D eigenvalue weighted by molar-refractivity contribution is 6.27. The summed E-state index contributed by atoms with van der Waals surface area (Å²) in [6.07, 6.45) is 0. The highest BCUT2D eigenvalue weighted by atomic mass is 16.3. The largest absolute Gasteiger partial charge is 0.455 e. The van der Waals surface area contributed by atoms with E-state index in [9.17, 15) is 0 Å². The normalized spacial score (nSPS) is 11.8. The van der Waals surface area contributed by atoms with Crippen molar-refractivity contribution < 1.29 is 8.83 Å². The van der Waals surface area contributed by atoms with Crippen molar-refractivity contribution >= 4 is 65.2 Å². The van der Waals surface area contributed by atoms with Crippen molar-refractivity contribution in [1.82, 2.24) is 0 Å². The Bertz CT molecular complexity index is 3480. The molecule has 0 amide bonds. The summed E-state index contributed by atoms with van der Waals surface area (Å²) in [4.78, 5) is 0. The molecule has 2 heteroatoms. The second-order valence-corrected chi connectivity index (χ2v) is 15.1. The molecule has 2 nitrogen and oxygen atoms in total. The summed E-state index contributed by atoms with van der Waals surface area (Å²) in [5.74, 6) is 0.851. The molecule has 58 heavy (non-hydrogen) atoms. The van der Waals surface area contributed by atoms with Gasteiger partial charge in [0.05, 0.1) is 0 Å². The Morgan fingerprint density at radius 3 is 1.40 bits per heavy atom. The van der Waals surface area contributed by atoms with Crippen LogP contribution in [0.25, 0.3) is 121 Å². The fraction of sp³-hybridized carbons (Fsp3) is 0. The molecule has 2 heterocycles. The predicted molar refractivity (Wildman–Crippen MR) is 243 cm³/mol. The Morgan fingerprint density at radius 1 is 0.276 bits per heavy atom. The Hall–Kier alpha value is -7.68. The third kappa shape index (κ3) is 4.99. The van der Waals surface area contributed by atoms with Gasteiger partial charge in [0.1, 0.15) is 22.5 Å². The highest BCUT2D eigenvalue weighted by Crippen LogP contribution is 2.50. The molecule has 0 atom stereocenters. The second kappa shape index (κ2) is 12.9. The van der Waals surface area contributed by atoms with Crippen LogP contribution in [0, 0.1) is 0 Å². The van der Waals surface area contributed by atoms with Gasteiger partial charge in [-0.15, -0.1) is 0 Å². The van der Waals surface area contributed by atoms with Crippen molar-refractivity contribution in [1.29, 1.82) is 0 Å². The minimum absolute atomic E-state index is 0.827. The maximum atomic E-state index is 7.07. The van der Waals surface area contributed by atoms with Crippen LogP contribution in [-0.4, -0.2) is 0 Å². The van der Waals surface area contributed by atoms with E-state index in [1.807, 2.05) is 6.07 Å². The summed E-state index contributed by atoms with van der Waals surface area (Å²) >= 11 is 0. The molecular formula is C56H34O2. The SMILES string of the molecule is c1ccc(-c2c3ccccc3c(-c3ccc(-c4cc5oc(-c6ccc7ccccc7c6)c(-c6ccccc6)c5c5c4oc4ccccc45)cc3)c3ccccc23)cc1. The van der Waals surface area contributed by atoms with Crippen LogP contribution in [0.2, 0.25) is 0 Å². The summed E-state index contributed by atoms with van der Waals surface area (Å²) < 4.78 is 13.9. The minimum Gasteiger partial charge on any atom is -0.455 e. The lowest BCUT2D eigenvalue weighted by Crippen LogP contribution is -1.90. The van der Waals surface area contributed by atoms with E-state index in [1.165, 1.54) is 54.6 Å². The molecular weight excluding hydrogens is 705 g/mol. The van der Waals surface area contributed by atoms with Crippen molar-refractivity contribution in [3.63, 3.8) is 0 Å². The molecule has 0 fully saturated rings. The van der Waals surface area contributed by atoms with Gasteiger partial charge in [0.15, 0.2) is 0 Å². The Labute approximate surface area is 334 Å². The molecule has 0 aliphatic heterocycles. The molecule has 12 rings (SSSR count). The van der Waals surface area contributed by atoms with Crippen LogP contribution >= 0.6 is 0 Å². The fourth-order valence-electron chi connectivity index (χ4n) is 9.28. The molecule has 0 N–H and O–H groups in total. The quantitative estimate of drug-likeness (QED) is 0.164. The molecule has 12 aromatic rings. The zero-order valence-electron chi connectivity index (χ0n) is 31.4. The van der Waals surface area contributed by atoms with E-state index in [0.29, 0.717) is 0 Å².